The van der Waals surface area contributed by atoms with E-state index in [0.29, 0.717) is 13.0 Å². The van der Waals surface area contributed by atoms with Gasteiger partial charge in [0.15, 0.2) is 8.32 Å². The van der Waals surface area contributed by atoms with Crippen LogP contribution in [0.3, 0.4) is 0 Å². The van der Waals surface area contributed by atoms with Crippen molar-refractivity contribution in [3.8, 4) is 0 Å². The quantitative estimate of drug-likeness (QED) is 0.374. The second-order valence-electron chi connectivity index (χ2n) is 10.3. The normalized spacial score (nSPS) is 21.7. The van der Waals surface area contributed by atoms with E-state index in [0.717, 1.165) is 0 Å². The number of primary amides is 1. The molecule has 1 aliphatic heterocycles. The molecular formula is C19H37N3O6Si. The lowest BCUT2D eigenvalue weighted by atomic mass is 10.0. The number of nitrogens with two attached hydrogens (primary N) is 1. The summed E-state index contributed by atoms with van der Waals surface area (Å²) >= 11 is 0. The SMILES string of the molecule is CC(C)(C)OC(=O)N1C[C@H](O[Si](C)(C)C(C)(C)C)C[C@@H]1CCC(C(N)=O)[N+](=O)[O-]. The van der Waals surface area contributed by atoms with Gasteiger partial charge in [0.25, 0.3) is 11.9 Å². The Morgan fingerprint density at radius 3 is 2.21 bits per heavy atom. The Balaban J connectivity index is 2.97. The Morgan fingerprint density at radius 1 is 1.24 bits per heavy atom. The van der Waals surface area contributed by atoms with Crippen LogP contribution in [0.1, 0.15) is 60.8 Å². The number of nitro groups is 1. The van der Waals surface area contributed by atoms with Gasteiger partial charge in [-0.25, -0.2) is 4.79 Å². The molecule has 2 N–H and O–H groups in total. The molecule has 0 radical (unpaired) electrons. The van der Waals surface area contributed by atoms with Crippen molar-refractivity contribution in [2.24, 2.45) is 5.73 Å². The number of carbonyl (C=O) groups excluding carboxylic acids is 2. The highest BCUT2D eigenvalue weighted by Gasteiger charge is 2.45. The Labute approximate surface area is 174 Å². The summed E-state index contributed by atoms with van der Waals surface area (Å²) in [6.45, 7) is 16.5. The van der Waals surface area contributed by atoms with Crippen LogP contribution in [0.2, 0.25) is 18.1 Å². The molecule has 1 aliphatic rings. The van der Waals surface area contributed by atoms with Crippen molar-refractivity contribution in [1.82, 2.24) is 4.90 Å². The highest BCUT2D eigenvalue weighted by Crippen LogP contribution is 2.39. The summed E-state index contributed by atoms with van der Waals surface area (Å²) in [6, 6.07) is -1.77. The van der Waals surface area contributed by atoms with Gasteiger partial charge in [-0.15, -0.1) is 0 Å². The van der Waals surface area contributed by atoms with E-state index in [2.05, 4.69) is 33.9 Å². The molecule has 0 aromatic rings. The van der Waals surface area contributed by atoms with Gasteiger partial charge >= 0.3 is 6.09 Å². The first-order chi connectivity index (χ1) is 12.9. The Hall–Kier alpha value is -1.68. The van der Waals surface area contributed by atoms with E-state index in [4.69, 9.17) is 14.9 Å². The van der Waals surface area contributed by atoms with Crippen molar-refractivity contribution in [2.45, 2.75) is 103 Å². The molecule has 0 aliphatic carbocycles. The fourth-order valence-corrected chi connectivity index (χ4v) is 4.43. The zero-order valence-corrected chi connectivity index (χ0v) is 20.0. The summed E-state index contributed by atoms with van der Waals surface area (Å²) in [5.74, 6) is -0.967. The monoisotopic (exact) mass is 431 g/mol. The highest BCUT2D eigenvalue weighted by molar-refractivity contribution is 6.74. The highest BCUT2D eigenvalue weighted by atomic mass is 28.4. The average molecular weight is 432 g/mol. The molecule has 1 unspecified atom stereocenters. The van der Waals surface area contributed by atoms with Crippen LogP contribution in [0.4, 0.5) is 4.79 Å². The minimum absolute atomic E-state index is 0.0184. The van der Waals surface area contributed by atoms with Crippen LogP contribution < -0.4 is 5.73 Å². The second kappa shape index (κ2) is 8.99. The first-order valence-electron chi connectivity index (χ1n) is 10.0. The third kappa shape index (κ3) is 7.25. The van der Waals surface area contributed by atoms with Crippen molar-refractivity contribution in [3.63, 3.8) is 0 Å². The fraction of sp³-hybridized carbons (Fsp3) is 0.895. The third-order valence-corrected chi connectivity index (χ3v) is 10.2. The standard InChI is InChI=1S/C19H37N3O6Si/c1-18(2,3)27-17(24)21-12-14(28-29(7,8)19(4,5)6)11-13(21)9-10-15(16(20)23)22(25)26/h13-15H,9-12H2,1-8H3,(H2,20,23)/t13-,14+,15?/m0/s1. The van der Waals surface area contributed by atoms with Gasteiger partial charge in [0.2, 0.25) is 0 Å². The number of nitrogens with zero attached hydrogens (tertiary/aromatic N) is 2. The number of amides is 2. The van der Waals surface area contributed by atoms with Crippen LogP contribution in [0.5, 0.6) is 0 Å². The van der Waals surface area contributed by atoms with Crippen molar-refractivity contribution in [2.75, 3.05) is 6.54 Å². The van der Waals surface area contributed by atoms with Gasteiger partial charge in [-0.1, -0.05) is 20.8 Å². The van der Waals surface area contributed by atoms with Crippen LogP contribution in [0.25, 0.3) is 0 Å². The zero-order valence-electron chi connectivity index (χ0n) is 19.0. The van der Waals surface area contributed by atoms with Gasteiger partial charge in [0, 0.05) is 23.9 Å². The number of carbonyl (C=O) groups is 2. The van der Waals surface area contributed by atoms with Crippen LogP contribution >= 0.6 is 0 Å². The maximum atomic E-state index is 12.7. The van der Waals surface area contributed by atoms with Crippen LogP contribution in [-0.2, 0) is 14.0 Å². The number of hydrogen-bond donors (Lipinski definition) is 1. The lowest BCUT2D eigenvalue weighted by Crippen LogP contribution is -2.45. The first kappa shape index (κ1) is 25.4. The predicted octanol–water partition coefficient (Wildman–Crippen LogP) is 3.30. The van der Waals surface area contributed by atoms with E-state index >= 15 is 0 Å². The van der Waals surface area contributed by atoms with Gasteiger partial charge in [0.05, 0.1) is 6.10 Å². The summed E-state index contributed by atoms with van der Waals surface area (Å²) in [4.78, 5) is 36.1. The topological polar surface area (TPSA) is 125 Å². The molecule has 0 aromatic heterocycles. The van der Waals surface area contributed by atoms with E-state index in [1.54, 1.807) is 25.7 Å². The lowest BCUT2D eigenvalue weighted by Gasteiger charge is -2.38. The Kier molecular flexibility index (Phi) is 7.86. The van der Waals surface area contributed by atoms with E-state index in [1.165, 1.54) is 0 Å². The second-order valence-corrected chi connectivity index (χ2v) is 15.1. The molecule has 29 heavy (non-hydrogen) atoms. The number of hydrogen-bond acceptors (Lipinski definition) is 6. The van der Waals surface area contributed by atoms with Crippen LogP contribution in [-0.4, -0.2) is 60.5 Å². The zero-order chi connectivity index (χ0) is 22.8. The van der Waals surface area contributed by atoms with E-state index in [-0.39, 0.29) is 30.0 Å². The van der Waals surface area contributed by atoms with Gasteiger partial charge < -0.3 is 19.8 Å². The van der Waals surface area contributed by atoms with E-state index in [9.17, 15) is 19.7 Å². The summed E-state index contributed by atoms with van der Waals surface area (Å²) < 4.78 is 12.0. The Bertz CT molecular complexity index is 612. The van der Waals surface area contributed by atoms with Crippen molar-refractivity contribution >= 4 is 20.3 Å². The molecule has 0 bridgehead atoms. The van der Waals surface area contributed by atoms with Crippen molar-refractivity contribution in [1.29, 1.82) is 0 Å². The van der Waals surface area contributed by atoms with Gasteiger partial charge in [0.1, 0.15) is 5.60 Å². The molecule has 1 rings (SSSR count). The smallest absolute Gasteiger partial charge is 0.410 e. The average Bonchev–Trinajstić information content (AvgIpc) is 2.86. The third-order valence-electron chi connectivity index (χ3n) is 5.63. The predicted molar refractivity (Wildman–Crippen MR) is 113 cm³/mol. The van der Waals surface area contributed by atoms with Crippen LogP contribution in [0, 0.1) is 10.1 Å². The molecular weight excluding hydrogens is 394 g/mol. The summed E-state index contributed by atoms with van der Waals surface area (Å²) in [5, 5.41) is 11.1. The van der Waals surface area contributed by atoms with Gasteiger partial charge in [-0.2, -0.15) is 0 Å². The fourth-order valence-electron chi connectivity index (χ4n) is 3.07. The molecule has 168 valence electrons. The maximum Gasteiger partial charge on any atom is 0.410 e. The molecule has 0 saturated carbocycles. The molecule has 0 aromatic carbocycles. The van der Waals surface area contributed by atoms with Crippen molar-refractivity contribution < 1.29 is 23.7 Å². The molecule has 2 amide bonds. The van der Waals surface area contributed by atoms with E-state index < -0.39 is 36.9 Å². The molecule has 10 heteroatoms. The minimum atomic E-state index is -2.05. The van der Waals surface area contributed by atoms with Gasteiger partial charge in [-0.3, -0.25) is 14.9 Å². The molecule has 9 nitrogen and oxygen atoms in total. The van der Waals surface area contributed by atoms with Crippen LogP contribution in [0.15, 0.2) is 0 Å². The molecule has 1 heterocycles. The number of likely N-dealkylation sites (tertiary alicyclic amines) is 1. The molecule has 0 spiro atoms. The number of ether oxygens (including phenoxy) is 1. The lowest BCUT2D eigenvalue weighted by molar-refractivity contribution is -0.508. The molecule has 1 fully saturated rings. The minimum Gasteiger partial charge on any atom is -0.444 e. The number of rotatable bonds is 7. The molecule has 1 saturated heterocycles. The molecule has 3 atom stereocenters. The van der Waals surface area contributed by atoms with Gasteiger partial charge in [-0.05, 0) is 51.7 Å². The summed E-state index contributed by atoms with van der Waals surface area (Å²) in [7, 11) is -2.05. The Morgan fingerprint density at radius 2 is 1.79 bits per heavy atom. The van der Waals surface area contributed by atoms with E-state index in [1.807, 2.05) is 0 Å². The maximum absolute atomic E-state index is 12.7. The first-order valence-corrected chi connectivity index (χ1v) is 13.0. The van der Waals surface area contributed by atoms with Crippen molar-refractivity contribution in [3.05, 3.63) is 10.1 Å². The summed E-state index contributed by atoms with van der Waals surface area (Å²) in [6.07, 6.45) is 0.163. The largest absolute Gasteiger partial charge is 0.444 e. The summed E-state index contributed by atoms with van der Waals surface area (Å²) in [5.41, 5.74) is 4.50.